The fourth-order valence-corrected chi connectivity index (χ4v) is 3.66. The van der Waals surface area contributed by atoms with Gasteiger partial charge >= 0.3 is 11.9 Å². The zero-order chi connectivity index (χ0) is 18.8. The summed E-state index contributed by atoms with van der Waals surface area (Å²) in [5.41, 5.74) is 1.23. The van der Waals surface area contributed by atoms with Gasteiger partial charge in [-0.15, -0.1) is 0 Å². The number of carboxylic acid groups (broad SMARTS) is 1. The van der Waals surface area contributed by atoms with Gasteiger partial charge in [0.25, 0.3) is 10.0 Å². The lowest BCUT2D eigenvalue weighted by Crippen LogP contribution is -2.16. The minimum absolute atomic E-state index is 0.119. The van der Waals surface area contributed by atoms with Crippen molar-refractivity contribution in [2.45, 2.75) is 18.7 Å². The normalized spacial score (nSPS) is 11.0. The van der Waals surface area contributed by atoms with E-state index in [4.69, 9.17) is 5.11 Å². The Morgan fingerprint density at radius 2 is 1.76 bits per heavy atom. The van der Waals surface area contributed by atoms with Gasteiger partial charge in [0.15, 0.2) is 0 Å². The van der Waals surface area contributed by atoms with E-state index in [2.05, 4.69) is 9.46 Å². The fourth-order valence-electron chi connectivity index (χ4n) is 2.27. The van der Waals surface area contributed by atoms with E-state index in [-0.39, 0.29) is 21.7 Å². The lowest BCUT2D eigenvalue weighted by atomic mass is 10.1. The first-order valence-electron chi connectivity index (χ1n) is 7.21. The second-order valence-corrected chi connectivity index (χ2v) is 7.05. The Balaban J connectivity index is 2.47. The van der Waals surface area contributed by atoms with Crippen molar-refractivity contribution in [3.63, 3.8) is 0 Å². The Kier molecular flexibility index (Phi) is 5.13. The fraction of sp³-hybridized carbons (Fsp3) is 0.176. The number of nitrogens with one attached hydrogen (secondary N) is 1. The van der Waals surface area contributed by atoms with Crippen LogP contribution in [0.25, 0.3) is 0 Å². The van der Waals surface area contributed by atoms with Gasteiger partial charge in [-0.2, -0.15) is 0 Å². The molecule has 0 amide bonds. The molecule has 0 aromatic heterocycles. The summed E-state index contributed by atoms with van der Waals surface area (Å²) >= 11 is 0. The highest BCUT2D eigenvalue weighted by Crippen LogP contribution is 2.24. The third kappa shape index (κ3) is 3.97. The van der Waals surface area contributed by atoms with Crippen LogP contribution in [0.4, 0.5) is 5.69 Å². The van der Waals surface area contributed by atoms with Crippen molar-refractivity contribution in [2.75, 3.05) is 11.8 Å². The van der Waals surface area contributed by atoms with E-state index in [0.717, 1.165) is 6.07 Å². The average molecular weight is 363 g/mol. The van der Waals surface area contributed by atoms with Gasteiger partial charge in [0.1, 0.15) is 0 Å². The number of anilines is 1. The van der Waals surface area contributed by atoms with Crippen molar-refractivity contribution >= 4 is 27.6 Å². The van der Waals surface area contributed by atoms with E-state index in [0.29, 0.717) is 11.1 Å². The van der Waals surface area contributed by atoms with Gasteiger partial charge in [-0.1, -0.05) is 6.07 Å². The van der Waals surface area contributed by atoms with Crippen LogP contribution in [0.3, 0.4) is 0 Å². The zero-order valence-corrected chi connectivity index (χ0v) is 14.7. The summed E-state index contributed by atoms with van der Waals surface area (Å²) in [5, 5.41) is 9.14. The molecule has 0 heterocycles. The van der Waals surface area contributed by atoms with Gasteiger partial charge in [-0.3, -0.25) is 4.72 Å². The minimum Gasteiger partial charge on any atom is -0.478 e. The van der Waals surface area contributed by atoms with Crippen LogP contribution in [0.5, 0.6) is 0 Å². The molecule has 132 valence electrons. The first kappa shape index (κ1) is 18.5. The smallest absolute Gasteiger partial charge is 0.337 e. The Bertz CT molecular complexity index is 950. The molecule has 0 saturated carbocycles. The molecule has 0 unspecified atom stereocenters. The summed E-state index contributed by atoms with van der Waals surface area (Å²) in [6, 6.07) is 8.34. The van der Waals surface area contributed by atoms with Crippen LogP contribution >= 0.6 is 0 Å². The van der Waals surface area contributed by atoms with Crippen LogP contribution in [0.15, 0.2) is 41.3 Å². The highest BCUT2D eigenvalue weighted by atomic mass is 32.2. The molecule has 0 aliphatic carbocycles. The molecule has 7 nitrogen and oxygen atoms in total. The van der Waals surface area contributed by atoms with Crippen LogP contribution < -0.4 is 4.72 Å². The van der Waals surface area contributed by atoms with Crippen LogP contribution in [0.1, 0.15) is 31.8 Å². The summed E-state index contributed by atoms with van der Waals surface area (Å²) in [4.78, 5) is 22.6. The molecule has 0 fully saturated rings. The van der Waals surface area contributed by atoms with Gasteiger partial charge in [0.2, 0.25) is 0 Å². The maximum Gasteiger partial charge on any atom is 0.337 e. The number of carboxylic acids is 1. The molecule has 2 aromatic rings. The summed E-state index contributed by atoms with van der Waals surface area (Å²) in [7, 11) is -2.81. The van der Waals surface area contributed by atoms with Crippen molar-refractivity contribution in [1.82, 2.24) is 0 Å². The number of esters is 1. The number of rotatable bonds is 5. The van der Waals surface area contributed by atoms with Gasteiger partial charge in [-0.05, 0) is 55.3 Å². The number of sulfonamides is 1. The Labute approximate surface area is 145 Å². The maximum absolute atomic E-state index is 12.7. The van der Waals surface area contributed by atoms with Crippen LogP contribution in [0.2, 0.25) is 0 Å². The molecule has 0 atom stereocenters. The van der Waals surface area contributed by atoms with Gasteiger partial charge < -0.3 is 9.84 Å². The van der Waals surface area contributed by atoms with E-state index < -0.39 is 22.0 Å². The van der Waals surface area contributed by atoms with Crippen molar-refractivity contribution in [2.24, 2.45) is 0 Å². The van der Waals surface area contributed by atoms with Crippen LogP contribution in [-0.4, -0.2) is 32.6 Å². The monoisotopic (exact) mass is 363 g/mol. The molecule has 2 rings (SSSR count). The molecule has 0 aliphatic rings. The zero-order valence-electron chi connectivity index (χ0n) is 13.9. The van der Waals surface area contributed by atoms with E-state index in [9.17, 15) is 18.0 Å². The predicted octanol–water partition coefficient (Wildman–Crippen LogP) is 2.59. The lowest BCUT2D eigenvalue weighted by molar-refractivity contribution is 0.0600. The second kappa shape index (κ2) is 6.94. The number of hydrogen-bond donors (Lipinski definition) is 2. The van der Waals surface area contributed by atoms with Crippen LogP contribution in [0, 0.1) is 13.8 Å². The van der Waals surface area contributed by atoms with Crippen molar-refractivity contribution in [1.29, 1.82) is 0 Å². The lowest BCUT2D eigenvalue weighted by Gasteiger charge is -2.13. The SMILES string of the molecule is COC(=O)c1cccc(NS(=O)(=O)c2cc(C(=O)O)cc(C)c2C)c1. The average Bonchev–Trinajstić information content (AvgIpc) is 2.55. The summed E-state index contributed by atoms with van der Waals surface area (Å²) in [5.74, 6) is -1.81. The molecule has 0 saturated heterocycles. The summed E-state index contributed by atoms with van der Waals surface area (Å²) in [6.45, 7) is 3.24. The third-order valence-electron chi connectivity index (χ3n) is 3.69. The van der Waals surface area contributed by atoms with Crippen molar-refractivity contribution in [3.8, 4) is 0 Å². The quantitative estimate of drug-likeness (QED) is 0.790. The first-order chi connectivity index (χ1) is 11.7. The van der Waals surface area contributed by atoms with Crippen LogP contribution in [-0.2, 0) is 14.8 Å². The molecular formula is C17H17NO6S. The number of aryl methyl sites for hydroxylation is 1. The largest absolute Gasteiger partial charge is 0.478 e. The molecule has 0 aliphatic heterocycles. The van der Waals surface area contributed by atoms with E-state index in [1.165, 1.54) is 37.4 Å². The second-order valence-electron chi connectivity index (χ2n) is 5.40. The summed E-state index contributed by atoms with van der Waals surface area (Å²) < 4.78 is 32.3. The van der Waals surface area contributed by atoms with Crippen molar-refractivity contribution < 1.29 is 27.9 Å². The number of methoxy groups -OCH3 is 1. The molecule has 2 aromatic carbocycles. The minimum atomic E-state index is -4.04. The number of aromatic carboxylic acids is 1. The van der Waals surface area contributed by atoms with Gasteiger partial charge in [-0.25, -0.2) is 18.0 Å². The highest BCUT2D eigenvalue weighted by molar-refractivity contribution is 7.92. The van der Waals surface area contributed by atoms with Crippen molar-refractivity contribution in [3.05, 3.63) is 58.7 Å². The number of ether oxygens (including phenoxy) is 1. The highest BCUT2D eigenvalue weighted by Gasteiger charge is 2.21. The van der Waals surface area contributed by atoms with Gasteiger partial charge in [0, 0.05) is 5.69 Å². The van der Waals surface area contributed by atoms with E-state index in [1.54, 1.807) is 13.8 Å². The first-order valence-corrected chi connectivity index (χ1v) is 8.70. The predicted molar refractivity (Wildman–Crippen MR) is 91.5 cm³/mol. The molecule has 0 radical (unpaired) electrons. The number of hydrogen-bond acceptors (Lipinski definition) is 5. The molecular weight excluding hydrogens is 346 g/mol. The molecule has 0 bridgehead atoms. The third-order valence-corrected chi connectivity index (χ3v) is 5.20. The maximum atomic E-state index is 12.7. The Hall–Kier alpha value is -2.87. The number of carbonyl (C=O) groups is 2. The molecule has 2 N–H and O–H groups in total. The number of benzene rings is 2. The standard InChI is InChI=1S/C17H17NO6S/c1-10-7-13(16(19)20)9-15(11(10)2)25(22,23)18-14-6-4-5-12(8-14)17(21)24-3/h4-9,18H,1-3H3,(H,19,20). The molecule has 0 spiro atoms. The van der Waals surface area contributed by atoms with E-state index >= 15 is 0 Å². The van der Waals surface area contributed by atoms with E-state index in [1.807, 2.05) is 0 Å². The topological polar surface area (TPSA) is 110 Å². The Morgan fingerprint density at radius 1 is 1.08 bits per heavy atom. The summed E-state index contributed by atoms with van der Waals surface area (Å²) in [6.07, 6.45) is 0. The molecule has 8 heteroatoms. The van der Waals surface area contributed by atoms with Gasteiger partial charge in [0.05, 0.1) is 23.1 Å². The molecule has 25 heavy (non-hydrogen) atoms. The number of carbonyl (C=O) groups excluding carboxylic acids is 1. The Morgan fingerprint density at radius 3 is 2.36 bits per heavy atom.